The average Bonchev–Trinajstić information content (AvgIpc) is 2.62. The Morgan fingerprint density at radius 1 is 1.08 bits per heavy atom. The van der Waals surface area contributed by atoms with Crippen molar-refractivity contribution in [3.63, 3.8) is 0 Å². The van der Waals surface area contributed by atoms with Crippen molar-refractivity contribution in [2.45, 2.75) is 6.92 Å². The van der Waals surface area contributed by atoms with Crippen LogP contribution in [0, 0.1) is 0 Å². The summed E-state index contributed by atoms with van der Waals surface area (Å²) < 4.78 is 15.7. The summed E-state index contributed by atoms with van der Waals surface area (Å²) >= 11 is 0. The van der Waals surface area contributed by atoms with Gasteiger partial charge in [-0.3, -0.25) is 4.79 Å². The maximum Gasteiger partial charge on any atom is 0.271 e. The van der Waals surface area contributed by atoms with Crippen LogP contribution in [0.15, 0.2) is 47.6 Å². The summed E-state index contributed by atoms with van der Waals surface area (Å²) in [6.07, 6.45) is 1.54. The zero-order valence-electron chi connectivity index (χ0n) is 13.9. The molecule has 126 valence electrons. The molecule has 0 saturated carbocycles. The summed E-state index contributed by atoms with van der Waals surface area (Å²) in [6, 6.07) is 12.2. The van der Waals surface area contributed by atoms with Gasteiger partial charge in [0.1, 0.15) is 5.75 Å². The topological polar surface area (TPSA) is 69.2 Å². The first kappa shape index (κ1) is 17.3. The maximum atomic E-state index is 12.0. The standard InChI is InChI=1S/C18H20N2O4/c1-4-24-15-8-6-14(7-9-15)18(21)20-19-12-13-5-10-16(22-2)17(11-13)23-3/h5-12H,4H2,1-3H3,(H,20,21)/b19-12-. The van der Waals surface area contributed by atoms with Gasteiger partial charge >= 0.3 is 0 Å². The fourth-order valence-electron chi connectivity index (χ4n) is 2.03. The molecule has 2 aromatic carbocycles. The molecule has 1 amide bonds. The van der Waals surface area contributed by atoms with Crippen molar-refractivity contribution in [2.75, 3.05) is 20.8 Å². The Balaban J connectivity index is 1.99. The Morgan fingerprint density at radius 3 is 2.42 bits per heavy atom. The molecule has 0 saturated heterocycles. The van der Waals surface area contributed by atoms with Crippen molar-refractivity contribution < 1.29 is 19.0 Å². The number of carbonyl (C=O) groups excluding carboxylic acids is 1. The highest BCUT2D eigenvalue weighted by atomic mass is 16.5. The molecule has 0 aliphatic heterocycles. The first-order valence-corrected chi connectivity index (χ1v) is 7.46. The molecule has 6 heteroatoms. The highest BCUT2D eigenvalue weighted by molar-refractivity contribution is 5.95. The minimum atomic E-state index is -0.297. The molecular weight excluding hydrogens is 308 g/mol. The number of rotatable bonds is 7. The number of hydrogen-bond donors (Lipinski definition) is 1. The van der Waals surface area contributed by atoms with E-state index in [4.69, 9.17) is 14.2 Å². The molecule has 0 fully saturated rings. The number of ether oxygens (including phenoxy) is 3. The van der Waals surface area contributed by atoms with E-state index in [9.17, 15) is 4.79 Å². The van der Waals surface area contributed by atoms with Gasteiger partial charge in [-0.2, -0.15) is 5.10 Å². The van der Waals surface area contributed by atoms with E-state index in [0.29, 0.717) is 23.7 Å². The number of carbonyl (C=O) groups is 1. The average molecular weight is 328 g/mol. The van der Waals surface area contributed by atoms with Gasteiger partial charge in [0.25, 0.3) is 5.91 Å². The fourth-order valence-corrected chi connectivity index (χ4v) is 2.03. The SMILES string of the molecule is CCOc1ccc(C(=O)N/N=C\c2ccc(OC)c(OC)c2)cc1. The van der Waals surface area contributed by atoms with Crippen molar-refractivity contribution in [3.05, 3.63) is 53.6 Å². The lowest BCUT2D eigenvalue weighted by molar-refractivity contribution is 0.0955. The van der Waals surface area contributed by atoms with Crippen LogP contribution in [0.2, 0.25) is 0 Å². The predicted molar refractivity (Wildman–Crippen MR) is 92.2 cm³/mol. The highest BCUT2D eigenvalue weighted by Gasteiger charge is 2.05. The maximum absolute atomic E-state index is 12.0. The molecule has 0 unspecified atom stereocenters. The normalized spacial score (nSPS) is 10.5. The van der Waals surface area contributed by atoms with E-state index < -0.39 is 0 Å². The molecule has 0 heterocycles. The molecule has 0 spiro atoms. The largest absolute Gasteiger partial charge is 0.494 e. The van der Waals surface area contributed by atoms with Crippen LogP contribution >= 0.6 is 0 Å². The van der Waals surface area contributed by atoms with Gasteiger partial charge in [0.15, 0.2) is 11.5 Å². The van der Waals surface area contributed by atoms with Crippen molar-refractivity contribution in [1.82, 2.24) is 5.43 Å². The van der Waals surface area contributed by atoms with Gasteiger partial charge in [0.05, 0.1) is 27.0 Å². The van der Waals surface area contributed by atoms with Crippen molar-refractivity contribution in [3.8, 4) is 17.2 Å². The Morgan fingerprint density at radius 2 is 1.79 bits per heavy atom. The van der Waals surface area contributed by atoms with E-state index in [2.05, 4.69) is 10.5 Å². The van der Waals surface area contributed by atoms with Crippen LogP contribution in [0.5, 0.6) is 17.2 Å². The zero-order chi connectivity index (χ0) is 17.4. The number of methoxy groups -OCH3 is 2. The van der Waals surface area contributed by atoms with Gasteiger partial charge in [-0.1, -0.05) is 0 Å². The highest BCUT2D eigenvalue weighted by Crippen LogP contribution is 2.26. The van der Waals surface area contributed by atoms with E-state index in [0.717, 1.165) is 11.3 Å². The van der Waals surface area contributed by atoms with Gasteiger partial charge in [-0.25, -0.2) is 5.43 Å². The second-order valence-electron chi connectivity index (χ2n) is 4.77. The molecule has 2 rings (SSSR count). The molecule has 0 radical (unpaired) electrons. The van der Waals surface area contributed by atoms with Crippen molar-refractivity contribution in [1.29, 1.82) is 0 Å². The molecular formula is C18H20N2O4. The van der Waals surface area contributed by atoms with Crippen LogP contribution in [-0.2, 0) is 0 Å². The lowest BCUT2D eigenvalue weighted by Crippen LogP contribution is -2.17. The number of hydrazone groups is 1. The second-order valence-corrected chi connectivity index (χ2v) is 4.77. The monoisotopic (exact) mass is 328 g/mol. The second kappa shape index (κ2) is 8.57. The van der Waals surface area contributed by atoms with E-state index in [1.807, 2.05) is 13.0 Å². The number of nitrogens with zero attached hydrogens (tertiary/aromatic N) is 1. The van der Waals surface area contributed by atoms with Crippen LogP contribution in [-0.4, -0.2) is 32.9 Å². The van der Waals surface area contributed by atoms with Crippen LogP contribution in [0.3, 0.4) is 0 Å². The van der Waals surface area contributed by atoms with Gasteiger partial charge < -0.3 is 14.2 Å². The Kier molecular flexibility index (Phi) is 6.19. The zero-order valence-corrected chi connectivity index (χ0v) is 13.9. The van der Waals surface area contributed by atoms with Gasteiger partial charge in [-0.05, 0) is 55.0 Å². The smallest absolute Gasteiger partial charge is 0.271 e. The Labute approximate surface area is 141 Å². The van der Waals surface area contributed by atoms with Crippen molar-refractivity contribution in [2.24, 2.45) is 5.10 Å². The molecule has 0 aliphatic carbocycles. The molecule has 0 atom stereocenters. The number of hydrogen-bond acceptors (Lipinski definition) is 5. The lowest BCUT2D eigenvalue weighted by Gasteiger charge is -2.07. The molecule has 0 aliphatic rings. The van der Waals surface area contributed by atoms with E-state index >= 15 is 0 Å². The summed E-state index contributed by atoms with van der Waals surface area (Å²) in [5, 5.41) is 3.96. The fraction of sp³-hybridized carbons (Fsp3) is 0.222. The summed E-state index contributed by atoms with van der Waals surface area (Å²) in [6.45, 7) is 2.49. The van der Waals surface area contributed by atoms with Crippen LogP contribution in [0.25, 0.3) is 0 Å². The molecule has 1 N–H and O–H groups in total. The summed E-state index contributed by atoms with van der Waals surface area (Å²) in [4.78, 5) is 12.0. The minimum absolute atomic E-state index is 0.297. The van der Waals surface area contributed by atoms with Crippen LogP contribution < -0.4 is 19.6 Å². The molecule has 6 nitrogen and oxygen atoms in total. The summed E-state index contributed by atoms with van der Waals surface area (Å²) in [7, 11) is 3.13. The lowest BCUT2D eigenvalue weighted by atomic mass is 10.2. The van der Waals surface area contributed by atoms with Gasteiger partial charge in [0.2, 0.25) is 0 Å². The summed E-state index contributed by atoms with van der Waals surface area (Å²) in [5.74, 6) is 1.66. The third-order valence-electron chi connectivity index (χ3n) is 3.21. The first-order chi connectivity index (χ1) is 11.7. The van der Waals surface area contributed by atoms with E-state index in [1.165, 1.54) is 6.21 Å². The number of benzene rings is 2. The van der Waals surface area contributed by atoms with Crippen LogP contribution in [0.4, 0.5) is 0 Å². The molecule has 0 bridgehead atoms. The Bertz CT molecular complexity index is 711. The van der Waals surface area contributed by atoms with E-state index in [1.54, 1.807) is 50.6 Å². The van der Waals surface area contributed by atoms with Crippen molar-refractivity contribution >= 4 is 12.1 Å². The Hall–Kier alpha value is -3.02. The first-order valence-electron chi connectivity index (χ1n) is 7.46. The molecule has 0 aromatic heterocycles. The minimum Gasteiger partial charge on any atom is -0.494 e. The number of nitrogens with one attached hydrogen (secondary N) is 1. The summed E-state index contributed by atoms with van der Waals surface area (Å²) in [5.41, 5.74) is 3.76. The molecule has 24 heavy (non-hydrogen) atoms. The number of amides is 1. The predicted octanol–water partition coefficient (Wildman–Crippen LogP) is 2.87. The third kappa shape index (κ3) is 4.49. The van der Waals surface area contributed by atoms with Gasteiger partial charge in [-0.15, -0.1) is 0 Å². The quantitative estimate of drug-likeness (QED) is 0.627. The van der Waals surface area contributed by atoms with Crippen LogP contribution in [0.1, 0.15) is 22.8 Å². The third-order valence-corrected chi connectivity index (χ3v) is 3.21. The van der Waals surface area contributed by atoms with Gasteiger partial charge in [0, 0.05) is 5.56 Å². The molecule has 2 aromatic rings. The van der Waals surface area contributed by atoms with E-state index in [-0.39, 0.29) is 5.91 Å².